The molecule has 23 heavy (non-hydrogen) atoms. The number of amides is 1. The molecule has 0 aromatic heterocycles. The van der Waals surface area contributed by atoms with Crippen LogP contribution in [0.1, 0.15) is 42.6 Å². The summed E-state index contributed by atoms with van der Waals surface area (Å²) in [7, 11) is -1.78. The predicted octanol–water partition coefficient (Wildman–Crippen LogP) is 2.51. The van der Waals surface area contributed by atoms with Crippen molar-refractivity contribution in [2.45, 2.75) is 38.5 Å². The number of carbonyl (C=O) groups excluding carboxylic acids is 1. The SMILES string of the molecule is CCN(CC)S(=O)(=O)c1cc(C(=O)N(C)CC2CC2)ccc1C. The number of aryl methyl sites for hydroxylation is 1. The number of nitrogens with zero attached hydrogens (tertiary/aromatic N) is 2. The molecule has 1 aliphatic carbocycles. The van der Waals surface area contributed by atoms with E-state index in [0.717, 1.165) is 6.54 Å². The lowest BCUT2D eigenvalue weighted by atomic mass is 10.1. The lowest BCUT2D eigenvalue weighted by Gasteiger charge is -2.21. The smallest absolute Gasteiger partial charge is 0.253 e. The van der Waals surface area contributed by atoms with E-state index in [4.69, 9.17) is 0 Å². The Bertz CT molecular complexity index is 677. The van der Waals surface area contributed by atoms with Crippen molar-refractivity contribution in [2.24, 2.45) is 5.92 Å². The number of carbonyl (C=O) groups is 1. The van der Waals surface area contributed by atoms with E-state index < -0.39 is 10.0 Å². The van der Waals surface area contributed by atoms with Gasteiger partial charge in [0.1, 0.15) is 0 Å². The van der Waals surface area contributed by atoms with Crippen molar-refractivity contribution >= 4 is 15.9 Å². The zero-order valence-electron chi connectivity index (χ0n) is 14.4. The molecular weight excluding hydrogens is 312 g/mol. The Morgan fingerprint density at radius 2 is 1.83 bits per heavy atom. The molecule has 6 heteroatoms. The highest BCUT2D eigenvalue weighted by Gasteiger charge is 2.27. The van der Waals surface area contributed by atoms with Gasteiger partial charge in [0, 0.05) is 32.2 Å². The first-order valence-corrected chi connectivity index (χ1v) is 9.61. The van der Waals surface area contributed by atoms with Gasteiger partial charge in [-0.1, -0.05) is 19.9 Å². The second-order valence-corrected chi connectivity index (χ2v) is 8.11. The van der Waals surface area contributed by atoms with Crippen molar-refractivity contribution in [1.82, 2.24) is 9.21 Å². The Balaban J connectivity index is 2.33. The minimum absolute atomic E-state index is 0.118. The second-order valence-electron chi connectivity index (χ2n) is 6.20. The van der Waals surface area contributed by atoms with Crippen molar-refractivity contribution in [2.75, 3.05) is 26.7 Å². The molecule has 1 fully saturated rings. The number of hydrogen-bond acceptors (Lipinski definition) is 3. The van der Waals surface area contributed by atoms with Crippen LogP contribution < -0.4 is 0 Å². The molecule has 0 saturated heterocycles. The number of benzene rings is 1. The molecular formula is C17H26N2O3S. The molecule has 1 saturated carbocycles. The third-order valence-corrected chi connectivity index (χ3v) is 6.53. The Hall–Kier alpha value is -1.40. The Kier molecular flexibility index (Phi) is 5.47. The maximum absolute atomic E-state index is 12.7. The fraction of sp³-hybridized carbons (Fsp3) is 0.588. The molecule has 0 heterocycles. The fourth-order valence-corrected chi connectivity index (χ4v) is 4.41. The van der Waals surface area contributed by atoms with Crippen molar-refractivity contribution < 1.29 is 13.2 Å². The first-order valence-electron chi connectivity index (χ1n) is 8.17. The number of hydrogen-bond donors (Lipinski definition) is 0. The van der Waals surface area contributed by atoms with Gasteiger partial charge in [-0.05, 0) is 43.4 Å². The zero-order valence-corrected chi connectivity index (χ0v) is 15.2. The molecule has 0 unspecified atom stereocenters. The minimum Gasteiger partial charge on any atom is -0.341 e. The van der Waals surface area contributed by atoms with Crippen molar-refractivity contribution in [1.29, 1.82) is 0 Å². The molecule has 0 bridgehead atoms. The summed E-state index contributed by atoms with van der Waals surface area (Å²) in [6.07, 6.45) is 2.35. The summed E-state index contributed by atoms with van der Waals surface area (Å²) in [4.78, 5) is 14.4. The van der Waals surface area contributed by atoms with Gasteiger partial charge in [-0.3, -0.25) is 4.79 Å². The topological polar surface area (TPSA) is 57.7 Å². The van der Waals surface area contributed by atoms with E-state index in [-0.39, 0.29) is 10.8 Å². The maximum atomic E-state index is 12.7. The molecule has 0 radical (unpaired) electrons. The maximum Gasteiger partial charge on any atom is 0.253 e. The Morgan fingerprint density at radius 1 is 1.22 bits per heavy atom. The van der Waals surface area contributed by atoms with Crippen LogP contribution in [-0.4, -0.2) is 50.2 Å². The van der Waals surface area contributed by atoms with E-state index in [1.807, 2.05) is 13.8 Å². The lowest BCUT2D eigenvalue weighted by Crippen LogP contribution is -2.32. The average Bonchev–Trinajstić information content (AvgIpc) is 3.31. The van der Waals surface area contributed by atoms with Crippen LogP contribution in [-0.2, 0) is 10.0 Å². The standard InChI is InChI=1S/C17H26N2O3S/c1-5-19(6-2)23(21,22)16-11-15(10-7-13(16)3)17(20)18(4)12-14-8-9-14/h7,10-11,14H,5-6,8-9,12H2,1-4H3. The molecule has 1 amide bonds. The summed E-state index contributed by atoms with van der Waals surface area (Å²) >= 11 is 0. The molecule has 0 aliphatic heterocycles. The van der Waals surface area contributed by atoms with E-state index in [2.05, 4.69) is 0 Å². The molecule has 1 aromatic rings. The summed E-state index contributed by atoms with van der Waals surface area (Å²) in [5.41, 5.74) is 1.10. The quantitative estimate of drug-likeness (QED) is 0.767. The first-order chi connectivity index (χ1) is 10.8. The summed E-state index contributed by atoms with van der Waals surface area (Å²) in [6, 6.07) is 4.95. The van der Waals surface area contributed by atoms with Gasteiger partial charge in [0.25, 0.3) is 5.91 Å². The van der Waals surface area contributed by atoms with Crippen LogP contribution >= 0.6 is 0 Å². The number of rotatable bonds is 7. The molecule has 5 nitrogen and oxygen atoms in total. The van der Waals surface area contributed by atoms with E-state index in [1.54, 1.807) is 31.0 Å². The van der Waals surface area contributed by atoms with Crippen LogP contribution in [0.5, 0.6) is 0 Å². The average molecular weight is 338 g/mol. The largest absolute Gasteiger partial charge is 0.341 e. The van der Waals surface area contributed by atoms with Crippen LogP contribution in [0.15, 0.2) is 23.1 Å². The van der Waals surface area contributed by atoms with Crippen molar-refractivity contribution in [3.63, 3.8) is 0 Å². The van der Waals surface area contributed by atoms with Gasteiger partial charge in [-0.15, -0.1) is 0 Å². The monoisotopic (exact) mass is 338 g/mol. The molecule has 128 valence electrons. The van der Waals surface area contributed by atoms with Crippen LogP contribution in [0.25, 0.3) is 0 Å². The third-order valence-electron chi connectivity index (χ3n) is 4.33. The second kappa shape index (κ2) is 7.01. The summed E-state index contributed by atoms with van der Waals surface area (Å²) < 4.78 is 26.9. The first kappa shape index (κ1) is 17.9. The number of sulfonamides is 1. The van der Waals surface area contributed by atoms with Gasteiger partial charge in [0.15, 0.2) is 0 Å². The molecule has 0 spiro atoms. The van der Waals surface area contributed by atoms with Gasteiger partial charge in [-0.25, -0.2) is 8.42 Å². The highest BCUT2D eigenvalue weighted by atomic mass is 32.2. The Morgan fingerprint density at radius 3 is 2.35 bits per heavy atom. The highest BCUT2D eigenvalue weighted by molar-refractivity contribution is 7.89. The summed E-state index contributed by atoms with van der Waals surface area (Å²) in [6.45, 7) is 6.96. The summed E-state index contributed by atoms with van der Waals surface area (Å²) in [5, 5.41) is 0. The van der Waals surface area contributed by atoms with Crippen LogP contribution in [0.3, 0.4) is 0 Å². The fourth-order valence-electron chi connectivity index (χ4n) is 2.70. The molecule has 0 atom stereocenters. The van der Waals surface area contributed by atoms with Gasteiger partial charge >= 0.3 is 0 Å². The minimum atomic E-state index is -3.56. The highest BCUT2D eigenvalue weighted by Crippen LogP contribution is 2.30. The normalized spacial score (nSPS) is 15.0. The van der Waals surface area contributed by atoms with Gasteiger partial charge < -0.3 is 4.90 Å². The van der Waals surface area contributed by atoms with Gasteiger partial charge in [-0.2, -0.15) is 4.31 Å². The molecule has 2 rings (SSSR count). The van der Waals surface area contributed by atoms with Crippen molar-refractivity contribution in [3.8, 4) is 0 Å². The molecule has 1 aliphatic rings. The van der Waals surface area contributed by atoms with E-state index >= 15 is 0 Å². The lowest BCUT2D eigenvalue weighted by molar-refractivity contribution is 0.0788. The zero-order chi connectivity index (χ0) is 17.2. The summed E-state index contributed by atoms with van der Waals surface area (Å²) in [5.74, 6) is 0.487. The van der Waals surface area contributed by atoms with Gasteiger partial charge in [0.2, 0.25) is 10.0 Å². The predicted molar refractivity (Wildman–Crippen MR) is 91.0 cm³/mol. The van der Waals surface area contributed by atoms with Crippen molar-refractivity contribution in [3.05, 3.63) is 29.3 Å². The van der Waals surface area contributed by atoms with E-state index in [9.17, 15) is 13.2 Å². The van der Waals surface area contributed by atoms with Crippen LogP contribution in [0.4, 0.5) is 0 Å². The van der Waals surface area contributed by atoms with E-state index in [0.29, 0.717) is 30.1 Å². The molecule has 0 N–H and O–H groups in total. The van der Waals surface area contributed by atoms with Crippen LogP contribution in [0, 0.1) is 12.8 Å². The van der Waals surface area contributed by atoms with Crippen LogP contribution in [0.2, 0.25) is 0 Å². The Labute approximate surface area is 139 Å². The molecule has 1 aromatic carbocycles. The van der Waals surface area contributed by atoms with Gasteiger partial charge in [0.05, 0.1) is 4.90 Å². The third kappa shape index (κ3) is 3.93. The van der Waals surface area contributed by atoms with E-state index in [1.165, 1.54) is 23.2 Å².